The third kappa shape index (κ3) is 10.5. The van der Waals surface area contributed by atoms with Gasteiger partial charge >= 0.3 is 0 Å². The molecule has 0 bridgehead atoms. The first-order chi connectivity index (χ1) is 16.0. The van der Waals surface area contributed by atoms with Gasteiger partial charge in [0.2, 0.25) is 17.7 Å². The molecule has 0 saturated heterocycles. The lowest BCUT2D eigenvalue weighted by Gasteiger charge is -2.30. The second-order valence-corrected chi connectivity index (χ2v) is 10.8. The highest BCUT2D eigenvalue weighted by Crippen LogP contribution is 2.27. The Morgan fingerprint density at radius 3 is 1.88 bits per heavy atom. The van der Waals surface area contributed by atoms with Gasteiger partial charge in [0.15, 0.2) is 5.78 Å². The normalized spacial score (nSPS) is 18.1. The minimum Gasteiger partial charge on any atom is -0.344 e. The molecule has 1 saturated carbocycles. The maximum atomic E-state index is 13.2. The van der Waals surface area contributed by atoms with Crippen molar-refractivity contribution in [1.82, 2.24) is 16.0 Å². The number of carbonyl (C=O) groups is 4. The lowest BCUT2D eigenvalue weighted by molar-refractivity contribution is -0.134. The van der Waals surface area contributed by atoms with Crippen molar-refractivity contribution in [2.45, 2.75) is 111 Å². The van der Waals surface area contributed by atoms with Crippen LogP contribution in [0.5, 0.6) is 0 Å². The molecule has 1 aliphatic rings. The van der Waals surface area contributed by atoms with Crippen molar-refractivity contribution in [1.29, 1.82) is 0 Å². The van der Waals surface area contributed by atoms with Crippen LogP contribution in [0.3, 0.4) is 0 Å². The first kappa shape index (κ1) is 30.1. The average molecular weight is 481 g/mol. The van der Waals surface area contributed by atoms with Crippen molar-refractivity contribution in [3.8, 4) is 0 Å². The van der Waals surface area contributed by atoms with Crippen LogP contribution in [0, 0.1) is 23.7 Å². The number of amides is 3. The smallest absolute Gasteiger partial charge is 0.243 e. The van der Waals surface area contributed by atoms with Gasteiger partial charge in [-0.3, -0.25) is 19.2 Å². The molecule has 0 radical (unpaired) electrons. The summed E-state index contributed by atoms with van der Waals surface area (Å²) in [5, 5.41) is 8.56. The third-order valence-electron chi connectivity index (χ3n) is 6.69. The summed E-state index contributed by atoms with van der Waals surface area (Å²) in [6.45, 7) is 11.4. The first-order valence-corrected chi connectivity index (χ1v) is 13.1. The minimum absolute atomic E-state index is 0.0563. The number of Topliss-reactive ketones (excluding diaryl/α,β-unsaturated/α-hetero) is 1. The Morgan fingerprint density at radius 1 is 0.824 bits per heavy atom. The predicted molar refractivity (Wildman–Crippen MR) is 135 cm³/mol. The maximum Gasteiger partial charge on any atom is 0.243 e. The molecule has 1 rings (SSSR count). The van der Waals surface area contributed by atoms with Crippen molar-refractivity contribution >= 4 is 23.5 Å². The summed E-state index contributed by atoms with van der Waals surface area (Å²) in [7, 11) is 0. The van der Waals surface area contributed by atoms with Crippen molar-refractivity contribution in [2.75, 3.05) is 6.54 Å². The van der Waals surface area contributed by atoms with Crippen LogP contribution in [0.1, 0.15) is 92.9 Å². The fraction of sp³-hybridized carbons (Fsp3) is 0.846. The SMILES string of the molecule is CC(=O)[C@@H](NC(=O)[C@H](CC1CCCCC1)NC(=O)[C@H](CCN)NC(=O)[C@H](C)CC(C)C)C(C)C. The van der Waals surface area contributed by atoms with E-state index in [1.54, 1.807) is 0 Å². The van der Waals surface area contributed by atoms with Gasteiger partial charge in [-0.05, 0) is 50.5 Å². The molecule has 4 atom stereocenters. The van der Waals surface area contributed by atoms with E-state index in [4.69, 9.17) is 5.73 Å². The van der Waals surface area contributed by atoms with E-state index >= 15 is 0 Å². The van der Waals surface area contributed by atoms with E-state index in [1.807, 2.05) is 34.6 Å². The van der Waals surface area contributed by atoms with Gasteiger partial charge in [0.05, 0.1) is 6.04 Å². The van der Waals surface area contributed by atoms with Gasteiger partial charge in [-0.2, -0.15) is 0 Å². The summed E-state index contributed by atoms with van der Waals surface area (Å²) in [4.78, 5) is 51.1. The molecule has 0 unspecified atom stereocenters. The highest BCUT2D eigenvalue weighted by atomic mass is 16.2. The Bertz CT molecular complexity index is 674. The molecule has 8 heteroatoms. The maximum absolute atomic E-state index is 13.2. The molecule has 0 aliphatic heterocycles. The highest BCUT2D eigenvalue weighted by Gasteiger charge is 2.32. The van der Waals surface area contributed by atoms with Gasteiger partial charge < -0.3 is 21.7 Å². The van der Waals surface area contributed by atoms with E-state index in [0.29, 0.717) is 18.3 Å². The minimum atomic E-state index is -0.803. The monoisotopic (exact) mass is 480 g/mol. The number of hydrogen-bond donors (Lipinski definition) is 4. The molecule has 0 aromatic heterocycles. The molecule has 34 heavy (non-hydrogen) atoms. The third-order valence-corrected chi connectivity index (χ3v) is 6.69. The zero-order chi connectivity index (χ0) is 25.8. The number of hydrogen-bond acceptors (Lipinski definition) is 5. The zero-order valence-corrected chi connectivity index (χ0v) is 22.1. The van der Waals surface area contributed by atoms with E-state index in [1.165, 1.54) is 13.3 Å². The van der Waals surface area contributed by atoms with Crippen molar-refractivity contribution in [3.05, 3.63) is 0 Å². The lowest BCUT2D eigenvalue weighted by atomic mass is 9.84. The summed E-state index contributed by atoms with van der Waals surface area (Å²) in [6, 6.07) is -2.17. The van der Waals surface area contributed by atoms with Crippen LogP contribution in [0.15, 0.2) is 0 Å². The molecule has 1 aliphatic carbocycles. The zero-order valence-electron chi connectivity index (χ0n) is 22.1. The number of ketones is 1. The van der Waals surface area contributed by atoms with Crippen LogP contribution in [-0.2, 0) is 19.2 Å². The van der Waals surface area contributed by atoms with Gasteiger partial charge in [0.25, 0.3) is 0 Å². The van der Waals surface area contributed by atoms with Gasteiger partial charge in [0, 0.05) is 5.92 Å². The summed E-state index contributed by atoms with van der Waals surface area (Å²) in [6.07, 6.45) is 7.00. The molecule has 8 nitrogen and oxygen atoms in total. The number of nitrogens with two attached hydrogens (primary N) is 1. The van der Waals surface area contributed by atoms with Gasteiger partial charge in [-0.25, -0.2) is 0 Å². The fourth-order valence-corrected chi connectivity index (χ4v) is 4.82. The largest absolute Gasteiger partial charge is 0.344 e. The number of nitrogens with one attached hydrogen (secondary N) is 3. The molecule has 0 aromatic carbocycles. The van der Waals surface area contributed by atoms with E-state index in [-0.39, 0.29) is 42.4 Å². The van der Waals surface area contributed by atoms with E-state index < -0.39 is 24.0 Å². The van der Waals surface area contributed by atoms with Crippen molar-refractivity contribution in [3.63, 3.8) is 0 Å². The summed E-state index contributed by atoms with van der Waals surface area (Å²) >= 11 is 0. The van der Waals surface area contributed by atoms with Crippen molar-refractivity contribution in [2.24, 2.45) is 29.4 Å². The Morgan fingerprint density at radius 2 is 1.38 bits per heavy atom. The molecule has 196 valence electrons. The number of rotatable bonds is 14. The van der Waals surface area contributed by atoms with E-state index in [0.717, 1.165) is 32.1 Å². The lowest BCUT2D eigenvalue weighted by Crippen LogP contribution is -2.57. The molecule has 0 aromatic rings. The van der Waals surface area contributed by atoms with Crippen LogP contribution < -0.4 is 21.7 Å². The molecule has 0 spiro atoms. The van der Waals surface area contributed by atoms with Crippen LogP contribution in [0.25, 0.3) is 0 Å². The standard InChI is InChI=1S/C26H48N4O4/c1-16(2)14-18(5)24(32)28-21(12-13-27)25(33)29-22(15-20-10-8-7-9-11-20)26(34)30-23(17(3)4)19(6)31/h16-18,20-23H,7-15,27H2,1-6H3,(H,28,32)(H,29,33)(H,30,34)/t18-,21+,22+,23+/m1/s1. The van der Waals surface area contributed by atoms with Gasteiger partial charge in [-0.15, -0.1) is 0 Å². The van der Waals surface area contributed by atoms with Crippen molar-refractivity contribution < 1.29 is 19.2 Å². The first-order valence-electron chi connectivity index (χ1n) is 13.1. The van der Waals surface area contributed by atoms with Crippen LogP contribution in [-0.4, -0.2) is 48.2 Å². The van der Waals surface area contributed by atoms with Crippen LogP contribution in [0.2, 0.25) is 0 Å². The molecular formula is C26H48N4O4. The van der Waals surface area contributed by atoms with Crippen LogP contribution in [0.4, 0.5) is 0 Å². The van der Waals surface area contributed by atoms with Gasteiger partial charge in [-0.1, -0.05) is 66.7 Å². The number of carbonyl (C=O) groups excluding carboxylic acids is 4. The highest BCUT2D eigenvalue weighted by molar-refractivity contribution is 5.94. The topological polar surface area (TPSA) is 130 Å². The second kappa shape index (κ2) is 15.1. The summed E-state index contributed by atoms with van der Waals surface area (Å²) in [5.74, 6) is -0.634. The Labute approximate surface area is 205 Å². The Kier molecular flexibility index (Phi) is 13.4. The molecule has 0 heterocycles. The van der Waals surface area contributed by atoms with E-state index in [9.17, 15) is 19.2 Å². The predicted octanol–water partition coefficient (Wildman–Crippen LogP) is 2.69. The molecule has 1 fully saturated rings. The summed E-state index contributed by atoms with van der Waals surface area (Å²) in [5.41, 5.74) is 5.72. The molecular weight excluding hydrogens is 432 g/mol. The van der Waals surface area contributed by atoms with Gasteiger partial charge in [0.1, 0.15) is 12.1 Å². The Hall–Kier alpha value is -1.96. The molecule has 5 N–H and O–H groups in total. The fourth-order valence-electron chi connectivity index (χ4n) is 4.82. The molecule has 3 amide bonds. The average Bonchev–Trinajstić information content (AvgIpc) is 2.76. The van der Waals surface area contributed by atoms with Crippen LogP contribution >= 0.6 is 0 Å². The quantitative estimate of drug-likeness (QED) is 0.304. The Balaban J connectivity index is 2.97. The second-order valence-electron chi connectivity index (χ2n) is 10.8. The summed E-state index contributed by atoms with van der Waals surface area (Å²) < 4.78 is 0. The van der Waals surface area contributed by atoms with E-state index in [2.05, 4.69) is 16.0 Å².